The molecule has 168 valence electrons. The number of carbonyl (C=O) groups excluding carboxylic acids is 4. The van der Waals surface area contributed by atoms with Gasteiger partial charge < -0.3 is 24.1 Å². The van der Waals surface area contributed by atoms with Crippen molar-refractivity contribution in [2.45, 2.75) is 6.92 Å². The molecule has 1 aromatic rings. The molecule has 0 saturated carbocycles. The van der Waals surface area contributed by atoms with Crippen LogP contribution in [-0.2, 0) is 38.1 Å². The fraction of sp³-hybridized carbons (Fsp3) is 0.238. The second-order valence-electron chi connectivity index (χ2n) is 5.56. The first-order chi connectivity index (χ1) is 15.3. The number of nitriles is 1. The summed E-state index contributed by atoms with van der Waals surface area (Å²) in [5, 5.41) is 19.7. The van der Waals surface area contributed by atoms with Gasteiger partial charge in [-0.25, -0.2) is 19.2 Å². The van der Waals surface area contributed by atoms with Gasteiger partial charge in [-0.05, 0) is 19.1 Å². The summed E-state index contributed by atoms with van der Waals surface area (Å²) in [7, 11) is 2.90. The second-order valence-corrected chi connectivity index (χ2v) is 5.56. The molecule has 1 heterocycles. The summed E-state index contributed by atoms with van der Waals surface area (Å²) in [6.45, 7) is 1.37. The van der Waals surface area contributed by atoms with Crippen molar-refractivity contribution in [3.05, 3.63) is 64.2 Å². The molecule has 0 bridgehead atoms. The molecule has 1 aromatic heterocycles. The lowest BCUT2D eigenvalue weighted by Crippen LogP contribution is -2.18. The van der Waals surface area contributed by atoms with Crippen molar-refractivity contribution in [1.82, 2.24) is 4.98 Å². The van der Waals surface area contributed by atoms with Crippen LogP contribution in [0.5, 0.6) is 0 Å². The van der Waals surface area contributed by atoms with Gasteiger partial charge in [0.15, 0.2) is 0 Å². The third kappa shape index (κ3) is 5.57. The molecule has 0 fully saturated rings. The molecule has 0 spiro atoms. The Labute approximate surface area is 183 Å². The number of hydrogen-bond acceptors (Lipinski definition) is 11. The van der Waals surface area contributed by atoms with E-state index in [0.29, 0.717) is 0 Å². The summed E-state index contributed by atoms with van der Waals surface area (Å²) < 4.78 is 18.3. The summed E-state index contributed by atoms with van der Waals surface area (Å²) >= 11 is 0. The highest BCUT2D eigenvalue weighted by Gasteiger charge is 2.44. The number of nitrogens with zero attached hydrogens (tertiary/aromatic N) is 2. The highest BCUT2D eigenvalue weighted by Crippen LogP contribution is 2.39. The summed E-state index contributed by atoms with van der Waals surface area (Å²) in [5.41, 5.74) is -3.62. The van der Waals surface area contributed by atoms with E-state index in [0.717, 1.165) is 21.3 Å². The lowest BCUT2D eigenvalue weighted by molar-refractivity contribution is -0.140. The molecule has 1 aliphatic rings. The van der Waals surface area contributed by atoms with Crippen molar-refractivity contribution in [3.63, 3.8) is 0 Å². The molecule has 0 amide bonds. The molecule has 11 heteroatoms. The third-order valence-electron chi connectivity index (χ3n) is 3.80. The van der Waals surface area contributed by atoms with Crippen LogP contribution in [0, 0.1) is 11.3 Å². The predicted octanol–water partition coefficient (Wildman–Crippen LogP) is 1.09. The number of allylic oxidation sites excluding steroid dienone is 1. The van der Waals surface area contributed by atoms with E-state index in [9.17, 15) is 29.5 Å². The van der Waals surface area contributed by atoms with Crippen molar-refractivity contribution in [3.8, 4) is 6.07 Å². The smallest absolute Gasteiger partial charge is 0.349 e. The summed E-state index contributed by atoms with van der Waals surface area (Å²) in [5.74, 6) is -5.73. The summed E-state index contributed by atoms with van der Waals surface area (Å²) in [6.07, 6.45) is 3.50. The van der Waals surface area contributed by atoms with Gasteiger partial charge in [0.1, 0.15) is 23.0 Å². The van der Waals surface area contributed by atoms with Crippen LogP contribution in [0.2, 0.25) is 0 Å². The Kier molecular flexibility index (Phi) is 9.82. The van der Waals surface area contributed by atoms with Gasteiger partial charge in [0.25, 0.3) is 0 Å². The standard InChI is InChI=1S/C16H15NO9.C5H5N/c1-5-26-13(19)7(6-17)8-9(14(20)23-2)10(15(21)24-3)11(12(8)18)16(22)25-4;1-2-4-6-5-3-1/h18H,5H2,1-4H3;1-5H/b8-7+;. The zero-order valence-electron chi connectivity index (χ0n) is 17.7. The number of pyridine rings is 1. The number of carbonyl (C=O) groups is 4. The highest BCUT2D eigenvalue weighted by molar-refractivity contribution is 6.18. The maximum Gasteiger partial charge on any atom is 0.349 e. The maximum absolute atomic E-state index is 12.2. The van der Waals surface area contributed by atoms with Gasteiger partial charge in [0.2, 0.25) is 0 Å². The van der Waals surface area contributed by atoms with Gasteiger partial charge >= 0.3 is 23.9 Å². The predicted molar refractivity (Wildman–Crippen MR) is 106 cm³/mol. The van der Waals surface area contributed by atoms with Crippen LogP contribution >= 0.6 is 0 Å². The van der Waals surface area contributed by atoms with E-state index in [1.165, 1.54) is 13.0 Å². The normalized spacial score (nSPS) is 13.8. The Balaban J connectivity index is 0.000000730. The Morgan fingerprint density at radius 3 is 1.78 bits per heavy atom. The van der Waals surface area contributed by atoms with Crippen molar-refractivity contribution >= 4 is 23.9 Å². The minimum atomic E-state index is -1.19. The van der Waals surface area contributed by atoms with Crippen LogP contribution in [0.25, 0.3) is 0 Å². The number of hydrogen-bond donors (Lipinski definition) is 1. The molecule has 2 rings (SSSR count). The van der Waals surface area contributed by atoms with Crippen molar-refractivity contribution < 1.29 is 43.2 Å². The zero-order valence-corrected chi connectivity index (χ0v) is 17.7. The van der Waals surface area contributed by atoms with Gasteiger partial charge in [-0.15, -0.1) is 0 Å². The number of esters is 4. The molecule has 1 N–H and O–H groups in total. The Morgan fingerprint density at radius 1 is 0.906 bits per heavy atom. The average Bonchev–Trinajstić information content (AvgIpc) is 3.12. The van der Waals surface area contributed by atoms with E-state index < -0.39 is 57.5 Å². The molecular formula is C21H20N2O9. The lowest BCUT2D eigenvalue weighted by Gasteiger charge is -2.09. The fourth-order valence-corrected chi connectivity index (χ4v) is 2.49. The number of methoxy groups -OCH3 is 3. The summed E-state index contributed by atoms with van der Waals surface area (Å²) in [4.78, 5) is 52.1. The van der Waals surface area contributed by atoms with Gasteiger partial charge in [-0.1, -0.05) is 6.07 Å². The monoisotopic (exact) mass is 444 g/mol. The van der Waals surface area contributed by atoms with Crippen LogP contribution in [0.15, 0.2) is 64.2 Å². The number of ether oxygens (including phenoxy) is 4. The second kappa shape index (κ2) is 12.3. The first-order valence-electron chi connectivity index (χ1n) is 8.90. The van der Waals surface area contributed by atoms with Crippen LogP contribution in [0.1, 0.15) is 6.92 Å². The topological polar surface area (TPSA) is 162 Å². The molecule has 0 atom stereocenters. The van der Waals surface area contributed by atoms with Crippen LogP contribution < -0.4 is 0 Å². The van der Waals surface area contributed by atoms with E-state index in [2.05, 4.69) is 19.2 Å². The Morgan fingerprint density at radius 2 is 1.41 bits per heavy atom. The Bertz CT molecular complexity index is 1000. The minimum Gasteiger partial charge on any atom is -0.506 e. The molecule has 1 aliphatic carbocycles. The molecule has 0 aliphatic heterocycles. The van der Waals surface area contributed by atoms with Gasteiger partial charge in [0.05, 0.1) is 44.7 Å². The maximum atomic E-state index is 12.2. The molecular weight excluding hydrogens is 424 g/mol. The van der Waals surface area contributed by atoms with Gasteiger partial charge in [0, 0.05) is 12.4 Å². The van der Waals surface area contributed by atoms with Crippen LogP contribution in [0.4, 0.5) is 0 Å². The Hall–Kier alpha value is -4.46. The van der Waals surface area contributed by atoms with E-state index in [-0.39, 0.29) is 6.61 Å². The van der Waals surface area contributed by atoms with E-state index in [1.807, 2.05) is 18.2 Å². The minimum absolute atomic E-state index is 0.104. The summed E-state index contributed by atoms with van der Waals surface area (Å²) in [6, 6.07) is 7.20. The molecule has 0 unspecified atom stereocenters. The molecule has 0 saturated heterocycles. The zero-order chi connectivity index (χ0) is 24.3. The van der Waals surface area contributed by atoms with Crippen molar-refractivity contribution in [2.75, 3.05) is 27.9 Å². The highest BCUT2D eigenvalue weighted by atomic mass is 16.5. The largest absolute Gasteiger partial charge is 0.506 e. The van der Waals surface area contributed by atoms with Gasteiger partial charge in [-0.3, -0.25) is 4.98 Å². The van der Waals surface area contributed by atoms with E-state index >= 15 is 0 Å². The average molecular weight is 444 g/mol. The van der Waals surface area contributed by atoms with Crippen LogP contribution in [0.3, 0.4) is 0 Å². The third-order valence-corrected chi connectivity index (χ3v) is 3.80. The quantitative estimate of drug-likeness (QED) is 0.299. The molecule has 0 aromatic carbocycles. The van der Waals surface area contributed by atoms with Gasteiger partial charge in [-0.2, -0.15) is 5.26 Å². The fourth-order valence-electron chi connectivity index (χ4n) is 2.49. The number of rotatable bonds is 5. The molecule has 11 nitrogen and oxygen atoms in total. The van der Waals surface area contributed by atoms with Crippen molar-refractivity contribution in [1.29, 1.82) is 5.26 Å². The van der Waals surface area contributed by atoms with E-state index in [1.54, 1.807) is 12.4 Å². The van der Waals surface area contributed by atoms with Crippen molar-refractivity contribution in [2.24, 2.45) is 0 Å². The molecule has 0 radical (unpaired) electrons. The number of aromatic nitrogens is 1. The number of aliphatic hydroxyl groups is 1. The number of aliphatic hydroxyl groups excluding tert-OH is 1. The first-order valence-corrected chi connectivity index (χ1v) is 8.90. The first kappa shape index (κ1) is 25.6. The van der Waals surface area contributed by atoms with E-state index in [4.69, 9.17) is 4.74 Å². The van der Waals surface area contributed by atoms with Crippen LogP contribution in [-0.4, -0.2) is 61.9 Å². The molecule has 32 heavy (non-hydrogen) atoms. The SMILES string of the molecule is CCOC(=O)/C(C#N)=C1/C(O)=C(C(=O)OC)C(C(=O)OC)=C1C(=O)OC.c1ccncc1. The lowest BCUT2D eigenvalue weighted by atomic mass is 10.00.